The van der Waals surface area contributed by atoms with Crippen LogP contribution in [-0.4, -0.2) is 0 Å². The lowest BCUT2D eigenvalue weighted by atomic mass is 9.81. The minimum absolute atomic E-state index is 0.164. The second kappa shape index (κ2) is 15.0. The van der Waals surface area contributed by atoms with Crippen molar-refractivity contribution < 1.29 is 8.78 Å². The van der Waals surface area contributed by atoms with Gasteiger partial charge in [0.2, 0.25) is 0 Å². The van der Waals surface area contributed by atoms with Crippen molar-refractivity contribution in [2.24, 2.45) is 0 Å². The van der Waals surface area contributed by atoms with Crippen LogP contribution in [0.4, 0.5) is 8.78 Å². The van der Waals surface area contributed by atoms with Gasteiger partial charge in [0.15, 0.2) is 0 Å². The Morgan fingerprint density at radius 3 is 2.26 bits per heavy atom. The average Bonchev–Trinajstić information content (AvgIpc) is 4.16. The van der Waals surface area contributed by atoms with E-state index in [1.54, 1.807) is 6.08 Å². The van der Waals surface area contributed by atoms with Crippen LogP contribution in [0, 0.1) is 12.7 Å². The first-order valence-corrected chi connectivity index (χ1v) is 24.2. The van der Waals surface area contributed by atoms with E-state index in [2.05, 4.69) is 135 Å². The van der Waals surface area contributed by atoms with Crippen molar-refractivity contribution in [1.82, 2.24) is 0 Å². The molecule has 0 aliphatic heterocycles. The molecule has 0 amide bonds. The molecule has 0 heterocycles. The fourth-order valence-corrected chi connectivity index (χ4v) is 13.1. The molecule has 11 aromatic carbocycles. The van der Waals surface area contributed by atoms with E-state index < -0.39 is 0 Å². The molecule has 0 spiro atoms. The van der Waals surface area contributed by atoms with E-state index in [0.717, 1.165) is 82.9 Å². The lowest BCUT2D eigenvalue weighted by Gasteiger charge is -2.22. The zero-order chi connectivity index (χ0) is 47.1. The third-order valence-corrected chi connectivity index (χ3v) is 15.9. The van der Waals surface area contributed by atoms with Gasteiger partial charge in [-0.25, -0.2) is 8.78 Å². The minimum atomic E-state index is -0.324. The van der Waals surface area contributed by atoms with Crippen molar-refractivity contribution in [3.05, 3.63) is 256 Å². The van der Waals surface area contributed by atoms with Gasteiger partial charge in [0.05, 0.1) is 6.33 Å². The van der Waals surface area contributed by atoms with Gasteiger partial charge in [0.1, 0.15) is 5.82 Å². The Hall–Kier alpha value is -8.46. The number of fused-ring (bicyclic) bond motifs is 12. The molecule has 0 aromatic heterocycles. The van der Waals surface area contributed by atoms with Crippen molar-refractivity contribution in [3.8, 4) is 11.1 Å². The summed E-state index contributed by atoms with van der Waals surface area (Å²) >= 11 is 0. The van der Waals surface area contributed by atoms with Crippen molar-refractivity contribution in [2.45, 2.75) is 25.7 Å². The molecule has 0 nitrogen and oxygen atoms in total. The van der Waals surface area contributed by atoms with E-state index in [4.69, 9.17) is 13.2 Å². The molecule has 330 valence electrons. The number of hydrogen-bond acceptors (Lipinski definition) is 0. The molecule has 0 N–H and O–H groups in total. The van der Waals surface area contributed by atoms with Crippen LogP contribution in [0.25, 0.3) is 116 Å². The van der Waals surface area contributed by atoms with Gasteiger partial charge in [-0.2, -0.15) is 0 Å². The first-order valence-electron chi connectivity index (χ1n) is 24.2. The Morgan fingerprint density at radius 2 is 1.43 bits per heavy atom. The van der Waals surface area contributed by atoms with Gasteiger partial charge in [0.25, 0.3) is 0 Å². The van der Waals surface area contributed by atoms with Gasteiger partial charge in [-0.3, -0.25) is 0 Å². The monoisotopic (exact) mass is 898 g/mol. The summed E-state index contributed by atoms with van der Waals surface area (Å²) in [7, 11) is 0. The fraction of sp³-hybridized carbons (Fsp3) is 0.0588. The van der Waals surface area contributed by atoms with Gasteiger partial charge < -0.3 is 0 Å². The standard InChI is InChI=1S/C68H44F2/c1-5-13-42(34-35-69)60(43-14-7-6-8-15-43)58-37(2)22-28-45-38(3)40-16-11-21-53-64-55(33-32-51(45)62(64)54(29-25-40)59(58)39(4)41-23-26-44(70)27-24-41)66-63-48-18-10-9-17-46(48)47-30-31-52-56(47)36-57(63)68-61(52)49-19-12-20-50(49)65(68)67(53)66/h5-14,16-19,21-36,47H,1,3-4,15,20H2,2H3/b16-11?,21-11?,28-22?,29-25?,35-34-,37-22?,40-16?,40-25?,42-13+,45-28?,51-45?,53-21?,54-29?,58-37?,59-54?,59-58?,60-43-,62-54?. The average molecular weight is 899 g/mol. The Morgan fingerprint density at radius 1 is 0.643 bits per heavy atom. The van der Waals surface area contributed by atoms with E-state index in [1.807, 2.05) is 30.4 Å². The first-order chi connectivity index (χ1) is 34.4. The van der Waals surface area contributed by atoms with Crippen molar-refractivity contribution >= 4 is 105 Å². The summed E-state index contributed by atoms with van der Waals surface area (Å²) < 4.78 is 29.8. The van der Waals surface area contributed by atoms with Crippen LogP contribution in [0.5, 0.6) is 0 Å². The molecule has 12 bridgehead atoms. The number of aryl methyl sites for hydroxylation is 1. The molecule has 0 fully saturated rings. The molecule has 1 atom stereocenters. The molecular formula is C68H44F2. The van der Waals surface area contributed by atoms with Crippen LogP contribution in [0.3, 0.4) is 0 Å². The highest BCUT2D eigenvalue weighted by Crippen LogP contribution is 2.59. The van der Waals surface area contributed by atoms with Gasteiger partial charge in [0, 0.05) is 5.92 Å². The van der Waals surface area contributed by atoms with Crippen molar-refractivity contribution in [3.63, 3.8) is 0 Å². The normalized spacial score (nSPS) is 16.4. The van der Waals surface area contributed by atoms with Crippen LogP contribution in [0.15, 0.2) is 195 Å². The maximum Gasteiger partial charge on any atom is 0.123 e. The van der Waals surface area contributed by atoms with Crippen LogP contribution in [0.1, 0.15) is 62.4 Å². The number of allylic oxidation sites excluding steroid dienone is 12. The summed E-state index contributed by atoms with van der Waals surface area (Å²) in [5.74, 6) is -0.160. The summed E-state index contributed by atoms with van der Waals surface area (Å²) in [6.07, 6.45) is 25.1. The molecule has 4 aliphatic carbocycles. The quantitative estimate of drug-likeness (QED) is 0.146. The highest BCUT2D eigenvalue weighted by atomic mass is 19.1. The third-order valence-electron chi connectivity index (χ3n) is 15.9. The molecule has 0 saturated heterocycles. The Bertz CT molecular complexity index is 4400. The second-order valence-corrected chi connectivity index (χ2v) is 19.3. The highest BCUT2D eigenvalue weighted by molar-refractivity contribution is 6.47. The topological polar surface area (TPSA) is 0 Å². The molecule has 2 heteroatoms. The molecule has 4 aliphatic rings. The van der Waals surface area contributed by atoms with E-state index >= 15 is 0 Å². The summed E-state index contributed by atoms with van der Waals surface area (Å²) in [4.78, 5) is 0. The largest absolute Gasteiger partial charge is 0.216 e. The summed E-state index contributed by atoms with van der Waals surface area (Å²) in [5.41, 5.74) is 16.2. The zero-order valence-electron chi connectivity index (χ0n) is 38.7. The predicted octanol–water partition coefficient (Wildman–Crippen LogP) is 18.0. The lowest BCUT2D eigenvalue weighted by Crippen LogP contribution is -2.02. The highest BCUT2D eigenvalue weighted by Gasteiger charge is 2.35. The van der Waals surface area contributed by atoms with Gasteiger partial charge in [-0.05, 0) is 208 Å². The van der Waals surface area contributed by atoms with Crippen LogP contribution in [-0.2, 0) is 6.42 Å². The SMILES string of the molecule is C=C/C=C(\C=C/F)C(=C1\C=CC=CC1)/c1c(C)ccc2c(=C)c3cccc4c5c(c6c7cc8c(c9c%10c(c5c79)CC=C%10)C=CC8c5ccccc5-6)c5ccc2c(c(cc3)c1C(=C)c1ccc(F)cc1)c54. The van der Waals surface area contributed by atoms with E-state index in [9.17, 15) is 8.78 Å². The smallest absolute Gasteiger partial charge is 0.123 e. The maximum atomic E-state index is 14.9. The van der Waals surface area contributed by atoms with Gasteiger partial charge in [-0.15, -0.1) is 0 Å². The Balaban J connectivity index is 1.31. The molecule has 15 rings (SSSR count). The number of rotatable bonds is 6. The fourth-order valence-electron chi connectivity index (χ4n) is 13.1. The molecular weight excluding hydrogens is 855 g/mol. The molecule has 11 aromatic rings. The summed E-state index contributed by atoms with van der Waals surface area (Å²) in [5, 5.41) is 17.5. The van der Waals surface area contributed by atoms with Crippen molar-refractivity contribution in [1.29, 1.82) is 0 Å². The third kappa shape index (κ3) is 5.39. The molecule has 70 heavy (non-hydrogen) atoms. The summed E-state index contributed by atoms with van der Waals surface area (Å²) in [6.45, 7) is 16.0. The lowest BCUT2D eigenvalue weighted by molar-refractivity contribution is 0.627. The Labute approximate surface area is 404 Å². The van der Waals surface area contributed by atoms with Crippen molar-refractivity contribution in [2.75, 3.05) is 0 Å². The van der Waals surface area contributed by atoms with E-state index in [-0.39, 0.29) is 11.7 Å². The number of halogens is 2. The van der Waals surface area contributed by atoms with Gasteiger partial charge >= 0.3 is 0 Å². The minimum Gasteiger partial charge on any atom is -0.216 e. The molecule has 1 unspecified atom stereocenters. The maximum absolute atomic E-state index is 14.9. The summed E-state index contributed by atoms with van der Waals surface area (Å²) in [6, 6.07) is 38.6. The van der Waals surface area contributed by atoms with E-state index in [0.29, 0.717) is 18.3 Å². The second-order valence-electron chi connectivity index (χ2n) is 19.3. The Kier molecular flexibility index (Phi) is 8.71. The van der Waals surface area contributed by atoms with Crippen LogP contribution >= 0.6 is 0 Å². The molecule has 0 radical (unpaired) electrons. The zero-order valence-corrected chi connectivity index (χ0v) is 38.7. The van der Waals surface area contributed by atoms with Crippen LogP contribution in [0.2, 0.25) is 0 Å². The van der Waals surface area contributed by atoms with Gasteiger partial charge in [-0.1, -0.05) is 171 Å². The number of hydrogen-bond donors (Lipinski definition) is 0. The van der Waals surface area contributed by atoms with Crippen LogP contribution < -0.4 is 5.22 Å². The predicted molar refractivity (Wildman–Crippen MR) is 296 cm³/mol. The first kappa shape index (κ1) is 40.6. The molecule has 0 saturated carbocycles. The number of benzene rings is 5. The van der Waals surface area contributed by atoms with E-state index in [1.165, 1.54) is 100 Å².